The summed E-state index contributed by atoms with van der Waals surface area (Å²) in [4.78, 5) is 27.4. The summed E-state index contributed by atoms with van der Waals surface area (Å²) in [6.07, 6.45) is 9.79. The molecule has 0 spiro atoms. The average molecular weight is 392 g/mol. The van der Waals surface area contributed by atoms with Crippen molar-refractivity contribution in [3.8, 4) is 11.3 Å². The average Bonchev–Trinajstić information content (AvgIpc) is 2.75. The van der Waals surface area contributed by atoms with Crippen LogP contribution >= 0.6 is 0 Å². The lowest BCUT2D eigenvalue weighted by atomic mass is 10.1. The van der Waals surface area contributed by atoms with Gasteiger partial charge in [0.25, 0.3) is 5.91 Å². The molecule has 0 saturated carbocycles. The Bertz CT molecular complexity index is 1020. The predicted octanol–water partition coefficient (Wildman–Crippen LogP) is 3.50. The number of carbonyl (C=O) groups excluding carboxylic acids is 1. The van der Waals surface area contributed by atoms with Gasteiger partial charge in [-0.1, -0.05) is 0 Å². The van der Waals surface area contributed by atoms with Gasteiger partial charge in [0.2, 0.25) is 0 Å². The number of piperidine rings is 1. The number of carbonyl (C=O) groups is 1. The topological polar surface area (TPSA) is 97.0 Å². The molecule has 0 radical (unpaired) electrons. The van der Waals surface area contributed by atoms with Gasteiger partial charge in [-0.25, -0.2) is 9.37 Å². The number of nitrogens with two attached hydrogens (primary N) is 1. The van der Waals surface area contributed by atoms with Crippen molar-refractivity contribution in [2.24, 2.45) is 0 Å². The lowest BCUT2D eigenvalue weighted by Crippen LogP contribution is -2.30. The maximum Gasteiger partial charge on any atom is 0.276 e. The number of nitrogen functional groups attached to an aromatic ring is 1. The molecule has 0 atom stereocenters. The van der Waals surface area contributed by atoms with E-state index in [2.05, 4.69) is 25.2 Å². The van der Waals surface area contributed by atoms with Crippen molar-refractivity contribution in [1.82, 2.24) is 15.0 Å². The third-order valence-electron chi connectivity index (χ3n) is 4.92. The number of hydrogen-bond donors (Lipinski definition) is 2. The Morgan fingerprint density at radius 1 is 1.07 bits per heavy atom. The lowest BCUT2D eigenvalue weighted by Gasteiger charge is -2.30. The van der Waals surface area contributed by atoms with Crippen LogP contribution in [0.3, 0.4) is 0 Å². The van der Waals surface area contributed by atoms with Crippen LogP contribution in [0.15, 0.2) is 49.1 Å². The Morgan fingerprint density at radius 2 is 1.79 bits per heavy atom. The fraction of sp³-hybridized carbons (Fsp3) is 0.238. The van der Waals surface area contributed by atoms with E-state index in [4.69, 9.17) is 5.73 Å². The van der Waals surface area contributed by atoms with Crippen molar-refractivity contribution in [2.75, 3.05) is 29.0 Å². The second kappa shape index (κ2) is 8.22. The van der Waals surface area contributed by atoms with Crippen LogP contribution in [0.4, 0.5) is 21.5 Å². The molecule has 29 heavy (non-hydrogen) atoms. The molecule has 1 fully saturated rings. The zero-order chi connectivity index (χ0) is 20.2. The maximum atomic E-state index is 14.4. The highest BCUT2D eigenvalue weighted by Crippen LogP contribution is 2.29. The second-order valence-corrected chi connectivity index (χ2v) is 6.89. The van der Waals surface area contributed by atoms with Crippen LogP contribution in [0.1, 0.15) is 29.8 Å². The first-order chi connectivity index (χ1) is 14.1. The molecule has 1 saturated heterocycles. The molecule has 0 aromatic carbocycles. The number of amides is 1. The third-order valence-corrected chi connectivity index (χ3v) is 4.92. The van der Waals surface area contributed by atoms with Crippen molar-refractivity contribution in [3.63, 3.8) is 0 Å². The zero-order valence-corrected chi connectivity index (χ0v) is 15.8. The standard InChI is InChI=1S/C21H21FN6O/c22-15-12-16(23)20(27-19(15)14-4-7-24-8-5-14)21(29)26-17-13-25-9-6-18(17)28-10-2-1-3-11-28/h4-9,12-13H,1-3,10-11,23H2,(H,26,29). The summed E-state index contributed by atoms with van der Waals surface area (Å²) in [6.45, 7) is 1.85. The summed E-state index contributed by atoms with van der Waals surface area (Å²) in [5.74, 6) is -1.11. The number of nitrogens with one attached hydrogen (secondary N) is 1. The molecule has 0 unspecified atom stereocenters. The van der Waals surface area contributed by atoms with Gasteiger partial charge in [0.1, 0.15) is 5.69 Å². The third kappa shape index (κ3) is 4.01. The Kier molecular flexibility index (Phi) is 5.33. The predicted molar refractivity (Wildman–Crippen MR) is 110 cm³/mol. The minimum Gasteiger partial charge on any atom is -0.397 e. The number of nitrogens with zero attached hydrogens (tertiary/aromatic N) is 4. The second-order valence-electron chi connectivity index (χ2n) is 6.89. The number of rotatable bonds is 4. The smallest absolute Gasteiger partial charge is 0.276 e. The largest absolute Gasteiger partial charge is 0.397 e. The first-order valence-corrected chi connectivity index (χ1v) is 9.50. The Labute approximate surface area is 167 Å². The highest BCUT2D eigenvalue weighted by Gasteiger charge is 2.20. The number of pyridine rings is 3. The van der Waals surface area contributed by atoms with E-state index in [-0.39, 0.29) is 17.1 Å². The van der Waals surface area contributed by atoms with Gasteiger partial charge in [-0.3, -0.25) is 14.8 Å². The van der Waals surface area contributed by atoms with E-state index in [1.807, 2.05) is 6.07 Å². The van der Waals surface area contributed by atoms with E-state index in [1.165, 1.54) is 18.8 Å². The molecule has 1 aliphatic heterocycles. The number of anilines is 3. The molecule has 7 nitrogen and oxygen atoms in total. The highest BCUT2D eigenvalue weighted by atomic mass is 19.1. The summed E-state index contributed by atoms with van der Waals surface area (Å²) in [5.41, 5.74) is 7.89. The van der Waals surface area contributed by atoms with Crippen LogP contribution in [0.5, 0.6) is 0 Å². The van der Waals surface area contributed by atoms with Crippen molar-refractivity contribution < 1.29 is 9.18 Å². The van der Waals surface area contributed by atoms with Crippen molar-refractivity contribution >= 4 is 23.0 Å². The van der Waals surface area contributed by atoms with Gasteiger partial charge in [-0.15, -0.1) is 0 Å². The summed E-state index contributed by atoms with van der Waals surface area (Å²) >= 11 is 0. The van der Waals surface area contributed by atoms with Gasteiger partial charge >= 0.3 is 0 Å². The first kappa shape index (κ1) is 18.8. The van der Waals surface area contributed by atoms with Gasteiger partial charge in [-0.05, 0) is 37.5 Å². The molecule has 148 valence electrons. The summed E-state index contributed by atoms with van der Waals surface area (Å²) < 4.78 is 14.4. The molecule has 3 aromatic rings. The van der Waals surface area contributed by atoms with Crippen LogP contribution in [0.2, 0.25) is 0 Å². The molecular formula is C21H21FN6O. The maximum absolute atomic E-state index is 14.4. The molecule has 1 aliphatic rings. The zero-order valence-electron chi connectivity index (χ0n) is 15.8. The van der Waals surface area contributed by atoms with E-state index in [0.29, 0.717) is 11.3 Å². The fourth-order valence-corrected chi connectivity index (χ4v) is 3.47. The lowest BCUT2D eigenvalue weighted by molar-refractivity contribution is 0.102. The summed E-state index contributed by atoms with van der Waals surface area (Å²) in [6, 6.07) is 6.25. The van der Waals surface area contributed by atoms with E-state index < -0.39 is 11.7 Å². The van der Waals surface area contributed by atoms with E-state index >= 15 is 0 Å². The molecule has 4 heterocycles. The van der Waals surface area contributed by atoms with Gasteiger partial charge in [-0.2, -0.15) is 0 Å². The van der Waals surface area contributed by atoms with Gasteiger partial charge in [0.05, 0.1) is 23.3 Å². The Hall–Kier alpha value is -3.55. The van der Waals surface area contributed by atoms with E-state index in [9.17, 15) is 9.18 Å². The van der Waals surface area contributed by atoms with Crippen LogP contribution < -0.4 is 16.0 Å². The quantitative estimate of drug-likeness (QED) is 0.705. The Balaban J connectivity index is 1.64. The van der Waals surface area contributed by atoms with E-state index in [0.717, 1.165) is 37.7 Å². The molecule has 0 bridgehead atoms. The molecule has 3 aromatic heterocycles. The molecule has 0 aliphatic carbocycles. The SMILES string of the molecule is Nc1cc(F)c(-c2ccncc2)nc1C(=O)Nc1cnccc1N1CCCCC1. The minimum absolute atomic E-state index is 0.0266. The highest BCUT2D eigenvalue weighted by molar-refractivity contribution is 6.08. The van der Waals surface area contributed by atoms with Crippen LogP contribution in [-0.4, -0.2) is 33.9 Å². The molecular weight excluding hydrogens is 371 g/mol. The Morgan fingerprint density at radius 3 is 2.55 bits per heavy atom. The minimum atomic E-state index is -0.597. The molecule has 3 N–H and O–H groups in total. The molecule has 8 heteroatoms. The fourth-order valence-electron chi connectivity index (χ4n) is 3.47. The van der Waals surface area contributed by atoms with Crippen molar-refractivity contribution in [1.29, 1.82) is 0 Å². The van der Waals surface area contributed by atoms with Gasteiger partial charge < -0.3 is 16.0 Å². The van der Waals surface area contributed by atoms with Crippen molar-refractivity contribution in [3.05, 3.63) is 60.6 Å². The number of aromatic nitrogens is 3. The van der Waals surface area contributed by atoms with Crippen LogP contribution in [0.25, 0.3) is 11.3 Å². The van der Waals surface area contributed by atoms with Gasteiger partial charge in [0, 0.05) is 43.3 Å². The first-order valence-electron chi connectivity index (χ1n) is 9.50. The molecule has 1 amide bonds. The summed E-state index contributed by atoms with van der Waals surface area (Å²) in [7, 11) is 0. The van der Waals surface area contributed by atoms with Crippen LogP contribution in [-0.2, 0) is 0 Å². The number of halogens is 1. The van der Waals surface area contributed by atoms with Crippen LogP contribution in [0, 0.1) is 5.82 Å². The monoisotopic (exact) mass is 392 g/mol. The van der Waals surface area contributed by atoms with E-state index in [1.54, 1.807) is 24.5 Å². The summed E-state index contributed by atoms with van der Waals surface area (Å²) in [5, 5.41) is 2.84. The van der Waals surface area contributed by atoms with Crippen molar-refractivity contribution in [2.45, 2.75) is 19.3 Å². The molecule has 4 rings (SSSR count). The van der Waals surface area contributed by atoms with Gasteiger partial charge in [0.15, 0.2) is 11.5 Å². The number of hydrogen-bond acceptors (Lipinski definition) is 6. The normalized spacial score (nSPS) is 13.9.